The van der Waals surface area contributed by atoms with Gasteiger partial charge in [0.15, 0.2) is 0 Å². The first-order chi connectivity index (χ1) is 9.61. The van der Waals surface area contributed by atoms with Crippen LogP contribution in [-0.4, -0.2) is 25.6 Å². The van der Waals surface area contributed by atoms with Crippen LogP contribution in [0, 0.1) is 12.3 Å². The van der Waals surface area contributed by atoms with Gasteiger partial charge in [0.25, 0.3) is 5.56 Å². The predicted molar refractivity (Wildman–Crippen MR) is 77.7 cm³/mol. The van der Waals surface area contributed by atoms with Crippen LogP contribution in [0.2, 0.25) is 5.02 Å². The zero-order chi connectivity index (χ0) is 14.5. The van der Waals surface area contributed by atoms with E-state index in [2.05, 4.69) is 21.4 Å². The average molecular weight is 292 g/mol. The Morgan fingerprint density at radius 3 is 3.00 bits per heavy atom. The number of hydrogen-bond acceptors (Lipinski definition) is 4. The molecule has 1 unspecified atom stereocenters. The second-order valence-electron chi connectivity index (χ2n) is 4.31. The highest BCUT2D eigenvalue weighted by molar-refractivity contribution is 6.33. The summed E-state index contributed by atoms with van der Waals surface area (Å²) in [5.41, 5.74) is -0.0284. The van der Waals surface area contributed by atoms with Crippen molar-refractivity contribution in [3.8, 4) is 12.3 Å². The zero-order valence-corrected chi connectivity index (χ0v) is 11.7. The summed E-state index contributed by atoms with van der Waals surface area (Å²) >= 11 is 6.02. The number of anilines is 1. The summed E-state index contributed by atoms with van der Waals surface area (Å²) in [7, 11) is 0. The lowest BCUT2D eigenvalue weighted by atomic mass is 10.3. The van der Waals surface area contributed by atoms with E-state index in [0.717, 1.165) is 0 Å². The van der Waals surface area contributed by atoms with Crippen LogP contribution in [0.25, 0.3) is 0 Å². The Hall–Kier alpha value is -2.26. The monoisotopic (exact) mass is 291 g/mol. The quantitative estimate of drug-likeness (QED) is 0.842. The minimum Gasteiger partial charge on any atom is -0.375 e. The van der Waals surface area contributed by atoms with Crippen LogP contribution < -0.4 is 10.9 Å². The Morgan fingerprint density at radius 2 is 2.35 bits per heavy atom. The van der Waals surface area contributed by atoms with Gasteiger partial charge in [-0.2, -0.15) is 10.2 Å². The largest absolute Gasteiger partial charge is 0.375 e. The van der Waals surface area contributed by atoms with Gasteiger partial charge in [-0.1, -0.05) is 17.5 Å². The van der Waals surface area contributed by atoms with Crippen molar-refractivity contribution in [3.05, 3.63) is 40.0 Å². The third-order valence-corrected chi connectivity index (χ3v) is 2.94. The highest BCUT2D eigenvalue weighted by Gasteiger charge is 2.12. The number of hydrogen-bond donors (Lipinski definition) is 1. The summed E-state index contributed by atoms with van der Waals surface area (Å²) in [5.74, 6) is 2.38. The Morgan fingerprint density at radius 1 is 1.55 bits per heavy atom. The average Bonchev–Trinajstić information content (AvgIpc) is 2.91. The molecule has 0 radical (unpaired) electrons. The molecule has 0 spiro atoms. The van der Waals surface area contributed by atoms with E-state index in [1.807, 2.05) is 19.2 Å². The van der Waals surface area contributed by atoms with Gasteiger partial charge < -0.3 is 5.32 Å². The van der Waals surface area contributed by atoms with Gasteiger partial charge in [0.2, 0.25) is 0 Å². The van der Waals surface area contributed by atoms with Gasteiger partial charge in [-0.15, -0.1) is 6.42 Å². The van der Waals surface area contributed by atoms with E-state index in [1.165, 1.54) is 10.9 Å². The molecule has 0 amide bonds. The maximum absolute atomic E-state index is 12.2. The maximum atomic E-state index is 12.2. The molecular weight excluding hydrogens is 278 g/mol. The molecule has 0 aliphatic carbocycles. The topological polar surface area (TPSA) is 64.7 Å². The third-order valence-electron chi connectivity index (χ3n) is 2.65. The summed E-state index contributed by atoms with van der Waals surface area (Å²) in [4.78, 5) is 12.2. The third kappa shape index (κ3) is 3.19. The molecule has 0 aliphatic heterocycles. The highest BCUT2D eigenvalue weighted by Crippen LogP contribution is 2.16. The van der Waals surface area contributed by atoms with Crippen LogP contribution in [0.4, 0.5) is 5.69 Å². The number of aromatic nitrogens is 4. The van der Waals surface area contributed by atoms with Crippen molar-refractivity contribution in [2.45, 2.75) is 26.1 Å². The zero-order valence-electron chi connectivity index (χ0n) is 11.0. The van der Waals surface area contributed by atoms with E-state index < -0.39 is 0 Å². The molecule has 0 aliphatic rings. The number of rotatable bonds is 5. The maximum Gasteiger partial charge on any atom is 0.292 e. The molecule has 0 saturated heterocycles. The number of nitrogens with zero attached hydrogens (tertiary/aromatic N) is 4. The van der Waals surface area contributed by atoms with E-state index in [0.29, 0.717) is 12.2 Å². The fourth-order valence-corrected chi connectivity index (χ4v) is 1.96. The summed E-state index contributed by atoms with van der Waals surface area (Å²) < 4.78 is 2.96. The standard InChI is InChI=1S/C13H14ClN5O/c1-3-6-19-13(20)12(11(14)8-16-19)17-10(2)9-18-7-4-5-15-18/h1,4-5,7-8,10,17H,6,9H2,2H3. The van der Waals surface area contributed by atoms with E-state index >= 15 is 0 Å². The summed E-state index contributed by atoms with van der Waals surface area (Å²) in [5, 5.41) is 11.3. The molecule has 20 heavy (non-hydrogen) atoms. The lowest BCUT2D eigenvalue weighted by molar-refractivity contribution is 0.558. The number of terminal acetylenes is 1. The van der Waals surface area contributed by atoms with E-state index in [4.69, 9.17) is 18.0 Å². The molecule has 0 bridgehead atoms. The van der Waals surface area contributed by atoms with Gasteiger partial charge in [-0.3, -0.25) is 9.48 Å². The lowest BCUT2D eigenvalue weighted by Crippen LogP contribution is -2.30. The van der Waals surface area contributed by atoms with Gasteiger partial charge in [-0.05, 0) is 13.0 Å². The predicted octanol–water partition coefficient (Wildman–Crippen LogP) is 1.23. The molecule has 2 aromatic rings. The van der Waals surface area contributed by atoms with E-state index in [9.17, 15) is 4.79 Å². The van der Waals surface area contributed by atoms with Crippen LogP contribution in [0.5, 0.6) is 0 Å². The number of halogens is 1. The Kier molecular flexibility index (Phi) is 4.43. The van der Waals surface area contributed by atoms with Crippen molar-refractivity contribution in [2.24, 2.45) is 0 Å². The lowest BCUT2D eigenvalue weighted by Gasteiger charge is -2.16. The summed E-state index contributed by atoms with van der Waals surface area (Å²) in [6.07, 6.45) is 10.2. The van der Waals surface area contributed by atoms with Gasteiger partial charge in [0.1, 0.15) is 12.2 Å². The van der Waals surface area contributed by atoms with E-state index in [1.54, 1.807) is 10.9 Å². The molecule has 0 fully saturated rings. The molecule has 0 aromatic carbocycles. The first kappa shape index (κ1) is 14.2. The fourth-order valence-electron chi connectivity index (χ4n) is 1.78. The van der Waals surface area contributed by atoms with Crippen molar-refractivity contribution in [1.82, 2.24) is 19.6 Å². The second kappa shape index (κ2) is 6.26. The fraction of sp³-hybridized carbons (Fsp3) is 0.308. The minimum absolute atomic E-state index is 0.0261. The molecule has 0 saturated carbocycles. The minimum atomic E-state index is -0.331. The first-order valence-electron chi connectivity index (χ1n) is 6.05. The van der Waals surface area contributed by atoms with Gasteiger partial charge in [-0.25, -0.2) is 4.68 Å². The smallest absolute Gasteiger partial charge is 0.292 e. The van der Waals surface area contributed by atoms with Crippen molar-refractivity contribution < 1.29 is 0 Å². The molecule has 104 valence electrons. The van der Waals surface area contributed by atoms with Gasteiger partial charge in [0.05, 0.1) is 17.8 Å². The molecule has 7 heteroatoms. The van der Waals surface area contributed by atoms with E-state index in [-0.39, 0.29) is 23.2 Å². The SMILES string of the molecule is C#CCn1ncc(Cl)c(NC(C)Cn2cccn2)c1=O. The Balaban J connectivity index is 2.18. The molecule has 2 heterocycles. The molecule has 6 nitrogen and oxygen atoms in total. The van der Waals surface area contributed by atoms with Crippen LogP contribution in [0.1, 0.15) is 6.92 Å². The summed E-state index contributed by atoms with van der Waals surface area (Å²) in [6.45, 7) is 2.65. The second-order valence-corrected chi connectivity index (χ2v) is 4.72. The first-order valence-corrected chi connectivity index (χ1v) is 6.42. The van der Waals surface area contributed by atoms with Crippen LogP contribution >= 0.6 is 11.6 Å². The molecule has 1 atom stereocenters. The number of nitrogens with one attached hydrogen (secondary N) is 1. The van der Waals surface area contributed by atoms with Crippen LogP contribution in [0.3, 0.4) is 0 Å². The molecular formula is C13H14ClN5O. The Bertz CT molecular complexity index is 671. The van der Waals surface area contributed by atoms with Crippen molar-refractivity contribution in [3.63, 3.8) is 0 Å². The van der Waals surface area contributed by atoms with Gasteiger partial charge in [0, 0.05) is 18.4 Å². The molecule has 2 aromatic heterocycles. The van der Waals surface area contributed by atoms with Crippen molar-refractivity contribution in [2.75, 3.05) is 5.32 Å². The Labute approximate surface area is 121 Å². The van der Waals surface area contributed by atoms with Crippen LogP contribution in [-0.2, 0) is 13.1 Å². The summed E-state index contributed by atoms with van der Waals surface area (Å²) in [6, 6.07) is 1.81. The highest BCUT2D eigenvalue weighted by atomic mass is 35.5. The van der Waals surface area contributed by atoms with Crippen molar-refractivity contribution in [1.29, 1.82) is 0 Å². The molecule has 2 rings (SSSR count). The van der Waals surface area contributed by atoms with Crippen molar-refractivity contribution >= 4 is 17.3 Å². The molecule has 1 N–H and O–H groups in total. The normalized spacial score (nSPS) is 11.8. The van der Waals surface area contributed by atoms with Gasteiger partial charge >= 0.3 is 0 Å². The van der Waals surface area contributed by atoms with Crippen LogP contribution in [0.15, 0.2) is 29.5 Å².